The van der Waals surface area contributed by atoms with E-state index in [-0.39, 0.29) is 6.61 Å². The van der Waals surface area contributed by atoms with Crippen molar-refractivity contribution >= 4 is 22.6 Å². The molecule has 15 heavy (non-hydrogen) atoms. The SMILES string of the molecule is OCCN1CCCC1c1ccc(I)cc1. The average Bonchev–Trinajstić information content (AvgIpc) is 2.68. The topological polar surface area (TPSA) is 23.5 Å². The summed E-state index contributed by atoms with van der Waals surface area (Å²) in [4.78, 5) is 2.38. The van der Waals surface area contributed by atoms with Gasteiger partial charge in [-0.1, -0.05) is 12.1 Å². The maximum atomic E-state index is 8.99. The second-order valence-corrected chi connectivity index (χ2v) is 5.21. The Bertz CT molecular complexity index is 312. The number of rotatable bonds is 3. The zero-order valence-corrected chi connectivity index (χ0v) is 10.9. The molecule has 1 atom stereocenters. The van der Waals surface area contributed by atoms with Crippen LogP contribution in [-0.4, -0.2) is 29.7 Å². The van der Waals surface area contributed by atoms with E-state index in [1.165, 1.54) is 22.0 Å². The number of aliphatic hydroxyl groups excluding tert-OH is 1. The van der Waals surface area contributed by atoms with Crippen LogP contribution in [0, 0.1) is 3.57 Å². The van der Waals surface area contributed by atoms with Crippen molar-refractivity contribution in [3.63, 3.8) is 0 Å². The van der Waals surface area contributed by atoms with Crippen LogP contribution < -0.4 is 0 Å². The number of benzene rings is 1. The number of likely N-dealkylation sites (tertiary alicyclic amines) is 1. The van der Waals surface area contributed by atoms with E-state index >= 15 is 0 Å². The third-order valence-electron chi connectivity index (χ3n) is 3.01. The smallest absolute Gasteiger partial charge is 0.0558 e. The Morgan fingerprint density at radius 1 is 1.33 bits per heavy atom. The number of halogens is 1. The highest BCUT2D eigenvalue weighted by Crippen LogP contribution is 2.31. The highest BCUT2D eigenvalue weighted by molar-refractivity contribution is 14.1. The van der Waals surface area contributed by atoms with E-state index in [9.17, 15) is 0 Å². The maximum absolute atomic E-state index is 8.99. The molecule has 2 nitrogen and oxygen atoms in total. The van der Waals surface area contributed by atoms with Crippen molar-refractivity contribution in [3.8, 4) is 0 Å². The monoisotopic (exact) mass is 317 g/mol. The van der Waals surface area contributed by atoms with Crippen LogP contribution in [-0.2, 0) is 0 Å². The Balaban J connectivity index is 2.11. The predicted molar refractivity (Wildman–Crippen MR) is 69.8 cm³/mol. The lowest BCUT2D eigenvalue weighted by Crippen LogP contribution is -2.26. The van der Waals surface area contributed by atoms with Gasteiger partial charge in [-0.3, -0.25) is 4.90 Å². The van der Waals surface area contributed by atoms with E-state index in [1.54, 1.807) is 0 Å². The molecule has 2 rings (SSSR count). The van der Waals surface area contributed by atoms with Gasteiger partial charge in [0.05, 0.1) is 6.61 Å². The highest BCUT2D eigenvalue weighted by atomic mass is 127. The van der Waals surface area contributed by atoms with Gasteiger partial charge in [-0.2, -0.15) is 0 Å². The van der Waals surface area contributed by atoms with Gasteiger partial charge in [0.1, 0.15) is 0 Å². The first-order valence-corrected chi connectivity index (χ1v) is 6.49. The second kappa shape index (κ2) is 5.27. The molecule has 1 N–H and O–H groups in total. The Morgan fingerprint density at radius 2 is 2.07 bits per heavy atom. The minimum atomic E-state index is 0.265. The number of β-amino-alcohol motifs (C(OH)–C–C–N with tert-alkyl or cyclic N) is 1. The zero-order chi connectivity index (χ0) is 10.7. The van der Waals surface area contributed by atoms with Crippen molar-refractivity contribution in [2.24, 2.45) is 0 Å². The van der Waals surface area contributed by atoms with Crippen molar-refractivity contribution in [2.45, 2.75) is 18.9 Å². The normalized spacial score (nSPS) is 22.1. The molecule has 1 fully saturated rings. The first-order valence-electron chi connectivity index (χ1n) is 5.41. The van der Waals surface area contributed by atoms with Crippen LogP contribution in [0.1, 0.15) is 24.4 Å². The third kappa shape index (κ3) is 2.71. The molecule has 1 aliphatic rings. The molecule has 1 heterocycles. The first kappa shape index (κ1) is 11.4. The zero-order valence-electron chi connectivity index (χ0n) is 8.69. The van der Waals surface area contributed by atoms with Crippen LogP contribution in [0.4, 0.5) is 0 Å². The highest BCUT2D eigenvalue weighted by Gasteiger charge is 2.24. The Morgan fingerprint density at radius 3 is 2.73 bits per heavy atom. The fourth-order valence-corrected chi connectivity index (χ4v) is 2.64. The Kier molecular flexibility index (Phi) is 3.99. The lowest BCUT2D eigenvalue weighted by atomic mass is 10.0. The maximum Gasteiger partial charge on any atom is 0.0558 e. The molecule has 0 aliphatic carbocycles. The summed E-state index contributed by atoms with van der Waals surface area (Å²) in [5, 5.41) is 8.99. The quantitative estimate of drug-likeness (QED) is 0.866. The molecular formula is C12H16INO. The number of hydrogen-bond acceptors (Lipinski definition) is 2. The summed E-state index contributed by atoms with van der Waals surface area (Å²) in [7, 11) is 0. The number of hydrogen-bond donors (Lipinski definition) is 1. The standard InChI is InChI=1S/C12H16INO/c13-11-5-3-10(4-6-11)12-2-1-7-14(12)8-9-15/h3-6,12,15H,1-2,7-9H2. The molecule has 0 bridgehead atoms. The van der Waals surface area contributed by atoms with E-state index < -0.39 is 0 Å². The van der Waals surface area contributed by atoms with E-state index in [0.717, 1.165) is 13.1 Å². The van der Waals surface area contributed by atoms with E-state index in [2.05, 4.69) is 51.8 Å². The van der Waals surface area contributed by atoms with Crippen molar-refractivity contribution in [1.29, 1.82) is 0 Å². The van der Waals surface area contributed by atoms with Crippen LogP contribution in [0.3, 0.4) is 0 Å². The molecule has 1 saturated heterocycles. The molecule has 1 aliphatic heterocycles. The first-order chi connectivity index (χ1) is 7.31. The minimum Gasteiger partial charge on any atom is -0.395 e. The van der Waals surface area contributed by atoms with Gasteiger partial charge in [0.25, 0.3) is 0 Å². The lowest BCUT2D eigenvalue weighted by molar-refractivity contribution is 0.185. The number of nitrogens with zero attached hydrogens (tertiary/aromatic N) is 1. The molecule has 1 aromatic carbocycles. The largest absolute Gasteiger partial charge is 0.395 e. The van der Waals surface area contributed by atoms with Gasteiger partial charge < -0.3 is 5.11 Å². The van der Waals surface area contributed by atoms with Gasteiger partial charge in [0.2, 0.25) is 0 Å². The van der Waals surface area contributed by atoms with Crippen LogP contribution >= 0.6 is 22.6 Å². The molecule has 0 saturated carbocycles. The van der Waals surface area contributed by atoms with Gasteiger partial charge >= 0.3 is 0 Å². The summed E-state index contributed by atoms with van der Waals surface area (Å²) in [5.41, 5.74) is 1.39. The summed E-state index contributed by atoms with van der Waals surface area (Å²) in [6, 6.07) is 9.26. The van der Waals surface area contributed by atoms with Gasteiger partial charge in [-0.15, -0.1) is 0 Å². The second-order valence-electron chi connectivity index (χ2n) is 3.97. The van der Waals surface area contributed by atoms with Crippen molar-refractivity contribution in [3.05, 3.63) is 33.4 Å². The average molecular weight is 317 g/mol. The molecule has 3 heteroatoms. The molecule has 0 amide bonds. The molecule has 1 unspecified atom stereocenters. The number of aliphatic hydroxyl groups is 1. The van der Waals surface area contributed by atoms with E-state index in [4.69, 9.17) is 5.11 Å². The molecular weight excluding hydrogens is 301 g/mol. The molecule has 0 radical (unpaired) electrons. The third-order valence-corrected chi connectivity index (χ3v) is 3.72. The van der Waals surface area contributed by atoms with Gasteiger partial charge in [0, 0.05) is 16.2 Å². The summed E-state index contributed by atoms with van der Waals surface area (Å²) in [5.74, 6) is 0. The molecule has 82 valence electrons. The predicted octanol–water partition coefficient (Wildman–Crippen LogP) is 2.42. The fourth-order valence-electron chi connectivity index (χ4n) is 2.28. The van der Waals surface area contributed by atoms with Crippen molar-refractivity contribution < 1.29 is 5.11 Å². The molecule has 0 spiro atoms. The Hall–Kier alpha value is -0.130. The summed E-state index contributed by atoms with van der Waals surface area (Å²) in [6.07, 6.45) is 2.47. The minimum absolute atomic E-state index is 0.265. The fraction of sp³-hybridized carbons (Fsp3) is 0.500. The van der Waals surface area contributed by atoms with Crippen LogP contribution in [0.25, 0.3) is 0 Å². The van der Waals surface area contributed by atoms with Gasteiger partial charge in [-0.25, -0.2) is 0 Å². The molecule has 0 aromatic heterocycles. The summed E-state index contributed by atoms with van der Waals surface area (Å²) < 4.78 is 1.28. The van der Waals surface area contributed by atoms with Crippen LogP contribution in [0.15, 0.2) is 24.3 Å². The van der Waals surface area contributed by atoms with E-state index in [0.29, 0.717) is 6.04 Å². The lowest BCUT2D eigenvalue weighted by Gasteiger charge is -2.23. The summed E-state index contributed by atoms with van der Waals surface area (Å²) in [6.45, 7) is 2.19. The van der Waals surface area contributed by atoms with Gasteiger partial charge in [0.15, 0.2) is 0 Å². The summed E-state index contributed by atoms with van der Waals surface area (Å²) >= 11 is 2.33. The van der Waals surface area contributed by atoms with Crippen LogP contribution in [0.5, 0.6) is 0 Å². The Labute approximate surface area is 104 Å². The van der Waals surface area contributed by atoms with Gasteiger partial charge in [-0.05, 0) is 59.7 Å². The van der Waals surface area contributed by atoms with E-state index in [1.807, 2.05) is 0 Å². The van der Waals surface area contributed by atoms with Crippen molar-refractivity contribution in [1.82, 2.24) is 4.90 Å². The van der Waals surface area contributed by atoms with Crippen molar-refractivity contribution in [2.75, 3.05) is 19.7 Å². The molecule has 1 aromatic rings. The van der Waals surface area contributed by atoms with Crippen LogP contribution in [0.2, 0.25) is 0 Å².